The zero-order valence-corrected chi connectivity index (χ0v) is 13.6. The summed E-state index contributed by atoms with van der Waals surface area (Å²) in [4.78, 5) is 0. The average Bonchev–Trinajstić information content (AvgIpc) is 2.45. The molecule has 2 aromatic rings. The summed E-state index contributed by atoms with van der Waals surface area (Å²) >= 11 is 9.40. The Bertz CT molecular complexity index is 558. The number of halogens is 2. The molecular formula is C16H16BrClO2. The molecule has 4 heteroatoms. The van der Waals surface area contributed by atoms with Gasteiger partial charge in [0, 0.05) is 10.0 Å². The predicted octanol–water partition coefficient (Wildman–Crippen LogP) is 5.05. The van der Waals surface area contributed by atoms with E-state index in [1.54, 1.807) is 0 Å². The number of ether oxygens (including phenoxy) is 2. The van der Waals surface area contributed by atoms with Crippen molar-refractivity contribution < 1.29 is 9.47 Å². The smallest absolute Gasteiger partial charge is 0.189 e. The largest absolute Gasteiger partial charge is 0.467 e. The monoisotopic (exact) mass is 354 g/mol. The molecule has 0 saturated carbocycles. The van der Waals surface area contributed by atoms with Gasteiger partial charge >= 0.3 is 0 Å². The second kappa shape index (κ2) is 7.67. The maximum Gasteiger partial charge on any atom is 0.189 e. The normalized spacial score (nSPS) is 10.6. The van der Waals surface area contributed by atoms with Crippen molar-refractivity contribution >= 4 is 27.5 Å². The Balaban J connectivity index is 1.91. The van der Waals surface area contributed by atoms with Crippen molar-refractivity contribution in [3.05, 3.63) is 63.6 Å². The van der Waals surface area contributed by atoms with E-state index in [4.69, 9.17) is 21.1 Å². The van der Waals surface area contributed by atoms with Crippen molar-refractivity contribution in [3.8, 4) is 5.75 Å². The summed E-state index contributed by atoms with van der Waals surface area (Å²) in [5.41, 5.74) is 3.13. The number of rotatable bonds is 6. The molecule has 2 nitrogen and oxygen atoms in total. The number of hydrogen-bond donors (Lipinski definition) is 0. The first-order valence-corrected chi connectivity index (χ1v) is 7.63. The van der Waals surface area contributed by atoms with Gasteiger partial charge in [-0.15, -0.1) is 11.6 Å². The zero-order chi connectivity index (χ0) is 14.4. The van der Waals surface area contributed by atoms with Gasteiger partial charge in [-0.05, 0) is 30.2 Å². The van der Waals surface area contributed by atoms with Crippen molar-refractivity contribution in [3.63, 3.8) is 0 Å². The predicted molar refractivity (Wildman–Crippen MR) is 85.2 cm³/mol. The lowest BCUT2D eigenvalue weighted by atomic mass is 10.1. The second-order valence-corrected chi connectivity index (χ2v) is 5.62. The molecule has 0 aliphatic rings. The third-order valence-electron chi connectivity index (χ3n) is 2.86. The Morgan fingerprint density at radius 1 is 1.15 bits per heavy atom. The number of benzene rings is 2. The lowest BCUT2D eigenvalue weighted by Gasteiger charge is -2.13. The maximum absolute atomic E-state index is 5.94. The van der Waals surface area contributed by atoms with Crippen molar-refractivity contribution in [1.29, 1.82) is 0 Å². The van der Waals surface area contributed by atoms with Crippen LogP contribution in [0.1, 0.15) is 16.7 Å². The van der Waals surface area contributed by atoms with Gasteiger partial charge in [0.1, 0.15) is 5.75 Å². The van der Waals surface area contributed by atoms with Crippen LogP contribution in [0.2, 0.25) is 0 Å². The second-order valence-electron chi connectivity index (χ2n) is 4.44. The van der Waals surface area contributed by atoms with Gasteiger partial charge in [0.05, 0.1) is 12.5 Å². The fraction of sp³-hybridized carbons (Fsp3) is 0.250. The highest BCUT2D eigenvalue weighted by molar-refractivity contribution is 9.10. The molecule has 0 spiro atoms. The van der Waals surface area contributed by atoms with Crippen LogP contribution in [0.15, 0.2) is 46.9 Å². The van der Waals surface area contributed by atoms with Gasteiger partial charge in [-0.2, -0.15) is 0 Å². The van der Waals surface area contributed by atoms with Crippen LogP contribution >= 0.6 is 27.5 Å². The van der Waals surface area contributed by atoms with E-state index in [1.807, 2.05) is 49.4 Å². The van der Waals surface area contributed by atoms with Gasteiger partial charge in [0.2, 0.25) is 0 Å². The van der Waals surface area contributed by atoms with Crippen LogP contribution in [0.5, 0.6) is 5.75 Å². The first-order chi connectivity index (χ1) is 9.70. The topological polar surface area (TPSA) is 18.5 Å². The minimum absolute atomic E-state index is 0.210. The molecule has 0 bridgehead atoms. The number of hydrogen-bond acceptors (Lipinski definition) is 2. The van der Waals surface area contributed by atoms with Crippen molar-refractivity contribution in [2.45, 2.75) is 19.4 Å². The molecule has 20 heavy (non-hydrogen) atoms. The fourth-order valence-electron chi connectivity index (χ4n) is 1.94. The van der Waals surface area contributed by atoms with Crippen LogP contribution in [-0.2, 0) is 17.2 Å². The van der Waals surface area contributed by atoms with Crippen LogP contribution in [0.25, 0.3) is 0 Å². The Labute approximate surface area is 132 Å². The minimum atomic E-state index is 0.210. The van der Waals surface area contributed by atoms with E-state index in [0.29, 0.717) is 12.5 Å². The molecule has 2 aromatic carbocycles. The molecule has 0 amide bonds. The van der Waals surface area contributed by atoms with Gasteiger partial charge < -0.3 is 9.47 Å². The van der Waals surface area contributed by atoms with Crippen LogP contribution in [0.4, 0.5) is 0 Å². The molecule has 0 aliphatic carbocycles. The molecular weight excluding hydrogens is 340 g/mol. The molecule has 106 valence electrons. The van der Waals surface area contributed by atoms with Gasteiger partial charge in [-0.1, -0.05) is 46.3 Å². The number of alkyl halides is 1. The van der Waals surface area contributed by atoms with Crippen LogP contribution in [0.3, 0.4) is 0 Å². The Kier molecular flexibility index (Phi) is 5.89. The highest BCUT2D eigenvalue weighted by atomic mass is 79.9. The van der Waals surface area contributed by atoms with Crippen molar-refractivity contribution in [2.24, 2.45) is 0 Å². The van der Waals surface area contributed by atoms with E-state index in [2.05, 4.69) is 15.9 Å². The molecule has 0 aliphatic heterocycles. The molecule has 0 radical (unpaired) electrons. The van der Waals surface area contributed by atoms with E-state index in [0.717, 1.165) is 26.9 Å². The van der Waals surface area contributed by atoms with Crippen LogP contribution < -0.4 is 4.74 Å². The summed E-state index contributed by atoms with van der Waals surface area (Å²) in [5.74, 6) is 1.21. The van der Waals surface area contributed by atoms with E-state index < -0.39 is 0 Å². The Morgan fingerprint density at radius 2 is 1.90 bits per heavy atom. The third kappa shape index (κ3) is 4.23. The first kappa shape index (κ1) is 15.4. The zero-order valence-electron chi connectivity index (χ0n) is 11.2. The molecule has 0 heterocycles. The summed E-state index contributed by atoms with van der Waals surface area (Å²) in [6, 6.07) is 14.0. The van der Waals surface area contributed by atoms with Gasteiger partial charge in [0.25, 0.3) is 0 Å². The Morgan fingerprint density at radius 3 is 2.60 bits per heavy atom. The van der Waals surface area contributed by atoms with Crippen LogP contribution in [-0.4, -0.2) is 6.79 Å². The van der Waals surface area contributed by atoms with Crippen molar-refractivity contribution in [2.75, 3.05) is 6.79 Å². The fourth-order valence-corrected chi connectivity index (χ4v) is 2.76. The SMILES string of the molecule is Cc1cc(Br)cc(CCl)c1OCOCc1ccccc1. The summed E-state index contributed by atoms with van der Waals surface area (Å²) in [5, 5.41) is 0. The van der Waals surface area contributed by atoms with Crippen LogP contribution in [0, 0.1) is 6.92 Å². The van der Waals surface area contributed by atoms with Gasteiger partial charge in [-0.3, -0.25) is 0 Å². The van der Waals surface area contributed by atoms with E-state index in [-0.39, 0.29) is 6.79 Å². The van der Waals surface area contributed by atoms with E-state index in [9.17, 15) is 0 Å². The Hall–Kier alpha value is -1.03. The van der Waals surface area contributed by atoms with E-state index in [1.165, 1.54) is 0 Å². The maximum atomic E-state index is 5.94. The minimum Gasteiger partial charge on any atom is -0.467 e. The summed E-state index contributed by atoms with van der Waals surface area (Å²) in [7, 11) is 0. The molecule has 2 rings (SSSR count). The summed E-state index contributed by atoms with van der Waals surface area (Å²) in [6.07, 6.45) is 0. The van der Waals surface area contributed by atoms with E-state index >= 15 is 0 Å². The molecule has 0 saturated heterocycles. The number of aryl methyl sites for hydroxylation is 1. The molecule has 0 aromatic heterocycles. The molecule has 0 atom stereocenters. The average molecular weight is 356 g/mol. The third-order valence-corrected chi connectivity index (χ3v) is 3.60. The highest BCUT2D eigenvalue weighted by Gasteiger charge is 2.08. The standard InChI is InChI=1S/C16H16BrClO2/c1-12-7-15(17)8-14(9-18)16(12)20-11-19-10-13-5-3-2-4-6-13/h2-8H,9-11H2,1H3. The lowest BCUT2D eigenvalue weighted by molar-refractivity contribution is 0.00426. The van der Waals surface area contributed by atoms with Gasteiger partial charge in [0.15, 0.2) is 6.79 Å². The highest BCUT2D eigenvalue weighted by Crippen LogP contribution is 2.29. The molecule has 0 N–H and O–H groups in total. The quantitative estimate of drug-likeness (QED) is 0.410. The molecule has 0 fully saturated rings. The summed E-state index contributed by atoms with van der Waals surface area (Å²) < 4.78 is 12.2. The first-order valence-electron chi connectivity index (χ1n) is 6.30. The summed E-state index contributed by atoms with van der Waals surface area (Å²) in [6.45, 7) is 2.74. The van der Waals surface area contributed by atoms with Gasteiger partial charge in [-0.25, -0.2) is 0 Å². The lowest BCUT2D eigenvalue weighted by Crippen LogP contribution is -2.05. The van der Waals surface area contributed by atoms with Crippen molar-refractivity contribution in [1.82, 2.24) is 0 Å². The molecule has 0 unspecified atom stereocenters.